The molecule has 1 aromatic rings. The van der Waals surface area contributed by atoms with Gasteiger partial charge in [0.2, 0.25) is 0 Å². The van der Waals surface area contributed by atoms with E-state index in [0.717, 1.165) is 0 Å². The van der Waals surface area contributed by atoms with Crippen LogP contribution in [0.3, 0.4) is 0 Å². The molecule has 5 heteroatoms. The van der Waals surface area contributed by atoms with Gasteiger partial charge in [0.25, 0.3) is 0 Å². The smallest absolute Gasteiger partial charge is 0.327 e. The minimum absolute atomic E-state index is 0.300. The van der Waals surface area contributed by atoms with Crippen LogP contribution in [-0.2, 0) is 4.79 Å². The van der Waals surface area contributed by atoms with Crippen LogP contribution in [0, 0.1) is 0 Å². The van der Waals surface area contributed by atoms with Crippen molar-refractivity contribution < 1.29 is 9.90 Å². The molecular formula is C6H5ClN2O2. The van der Waals surface area contributed by atoms with E-state index in [1.165, 1.54) is 18.6 Å². The van der Waals surface area contributed by atoms with Crippen LogP contribution in [0.2, 0.25) is 0 Å². The van der Waals surface area contributed by atoms with E-state index in [-0.39, 0.29) is 0 Å². The van der Waals surface area contributed by atoms with E-state index in [4.69, 9.17) is 16.7 Å². The Morgan fingerprint density at radius 1 is 1.73 bits per heavy atom. The quantitative estimate of drug-likeness (QED) is 0.672. The highest BCUT2D eigenvalue weighted by Crippen LogP contribution is 2.16. The largest absolute Gasteiger partial charge is 0.480 e. The monoisotopic (exact) mass is 172 g/mol. The number of carboxylic acids is 1. The Labute approximate surface area is 67.9 Å². The van der Waals surface area contributed by atoms with Crippen molar-refractivity contribution in [3.05, 3.63) is 24.3 Å². The zero-order valence-electron chi connectivity index (χ0n) is 5.44. The molecule has 1 atom stereocenters. The van der Waals surface area contributed by atoms with Crippen LogP contribution in [0.5, 0.6) is 0 Å². The van der Waals surface area contributed by atoms with Crippen LogP contribution in [0.1, 0.15) is 11.1 Å². The number of hydrogen-bond acceptors (Lipinski definition) is 3. The second-order valence-corrected chi connectivity index (χ2v) is 2.27. The molecule has 0 aliphatic rings. The van der Waals surface area contributed by atoms with Crippen molar-refractivity contribution in [2.75, 3.05) is 0 Å². The second-order valence-electron chi connectivity index (χ2n) is 1.84. The second kappa shape index (κ2) is 3.30. The van der Waals surface area contributed by atoms with E-state index in [9.17, 15) is 4.79 Å². The molecule has 58 valence electrons. The lowest BCUT2D eigenvalue weighted by atomic mass is 10.3. The molecule has 1 N–H and O–H groups in total. The number of rotatable bonds is 2. The van der Waals surface area contributed by atoms with Gasteiger partial charge >= 0.3 is 5.97 Å². The zero-order valence-corrected chi connectivity index (χ0v) is 6.19. The van der Waals surface area contributed by atoms with Crippen molar-refractivity contribution in [1.29, 1.82) is 0 Å². The minimum Gasteiger partial charge on any atom is -0.480 e. The highest BCUT2D eigenvalue weighted by atomic mass is 35.5. The number of halogens is 1. The summed E-state index contributed by atoms with van der Waals surface area (Å²) in [7, 11) is 0. The van der Waals surface area contributed by atoms with Gasteiger partial charge in [-0.15, -0.1) is 11.6 Å². The van der Waals surface area contributed by atoms with E-state index >= 15 is 0 Å². The minimum atomic E-state index is -1.11. The SMILES string of the molecule is O=C(O)C(Cl)c1ccncn1. The van der Waals surface area contributed by atoms with Crippen molar-refractivity contribution >= 4 is 17.6 Å². The van der Waals surface area contributed by atoms with Gasteiger partial charge in [-0.25, -0.2) is 9.97 Å². The fourth-order valence-corrected chi connectivity index (χ4v) is 0.706. The molecule has 1 heterocycles. The van der Waals surface area contributed by atoms with Crippen molar-refractivity contribution in [2.24, 2.45) is 0 Å². The maximum atomic E-state index is 10.3. The van der Waals surface area contributed by atoms with E-state index in [2.05, 4.69) is 9.97 Å². The molecule has 4 nitrogen and oxygen atoms in total. The molecule has 0 amide bonds. The Bertz CT molecular complexity index is 252. The van der Waals surface area contributed by atoms with Crippen molar-refractivity contribution in [3.63, 3.8) is 0 Å². The number of carbonyl (C=O) groups is 1. The summed E-state index contributed by atoms with van der Waals surface area (Å²) >= 11 is 5.45. The van der Waals surface area contributed by atoms with Gasteiger partial charge in [0.15, 0.2) is 5.38 Å². The van der Waals surface area contributed by atoms with Gasteiger partial charge in [-0.1, -0.05) is 0 Å². The molecule has 1 aromatic heterocycles. The predicted octanol–water partition coefficient (Wildman–Crippen LogP) is 0.841. The number of hydrogen-bond donors (Lipinski definition) is 1. The first-order valence-corrected chi connectivity index (χ1v) is 3.28. The molecular weight excluding hydrogens is 168 g/mol. The van der Waals surface area contributed by atoms with Crippen LogP contribution in [0.25, 0.3) is 0 Å². The summed E-state index contributed by atoms with van der Waals surface area (Å²) in [5.41, 5.74) is 0.300. The lowest BCUT2D eigenvalue weighted by Gasteiger charge is -2.00. The van der Waals surface area contributed by atoms with Gasteiger partial charge in [-0.05, 0) is 6.07 Å². The van der Waals surface area contributed by atoms with E-state index in [1.54, 1.807) is 0 Å². The van der Waals surface area contributed by atoms with E-state index < -0.39 is 11.3 Å². The maximum Gasteiger partial charge on any atom is 0.327 e. The van der Waals surface area contributed by atoms with Crippen LogP contribution in [-0.4, -0.2) is 21.0 Å². The standard InChI is InChI=1S/C6H5ClN2O2/c7-5(6(10)11)4-1-2-8-3-9-4/h1-3,5H,(H,10,11). The molecule has 0 fully saturated rings. The summed E-state index contributed by atoms with van der Waals surface area (Å²) in [5, 5.41) is 7.36. The van der Waals surface area contributed by atoms with E-state index in [1.807, 2.05) is 0 Å². The summed E-state index contributed by atoms with van der Waals surface area (Å²) in [5.74, 6) is -1.11. The summed E-state index contributed by atoms with van der Waals surface area (Å²) in [4.78, 5) is 17.6. The van der Waals surface area contributed by atoms with E-state index in [0.29, 0.717) is 5.69 Å². The van der Waals surface area contributed by atoms with Crippen LogP contribution in [0.15, 0.2) is 18.6 Å². The van der Waals surface area contributed by atoms with Crippen LogP contribution >= 0.6 is 11.6 Å². The Kier molecular flexibility index (Phi) is 2.38. The fourth-order valence-electron chi connectivity index (χ4n) is 0.577. The lowest BCUT2D eigenvalue weighted by molar-refractivity contribution is -0.136. The number of aromatic nitrogens is 2. The Morgan fingerprint density at radius 3 is 2.91 bits per heavy atom. The maximum absolute atomic E-state index is 10.3. The first-order chi connectivity index (χ1) is 5.22. The molecule has 0 aliphatic carbocycles. The molecule has 0 saturated carbocycles. The molecule has 1 rings (SSSR count). The van der Waals surface area contributed by atoms with Gasteiger partial charge < -0.3 is 5.11 Å². The third-order valence-electron chi connectivity index (χ3n) is 1.08. The van der Waals surface area contributed by atoms with Crippen molar-refractivity contribution in [2.45, 2.75) is 5.38 Å². The Hall–Kier alpha value is -1.16. The molecule has 0 saturated heterocycles. The normalized spacial score (nSPS) is 12.5. The summed E-state index contributed by atoms with van der Waals surface area (Å²) in [6.45, 7) is 0. The van der Waals surface area contributed by atoms with Gasteiger partial charge in [-0.3, -0.25) is 4.79 Å². The average Bonchev–Trinajstić information content (AvgIpc) is 2.05. The van der Waals surface area contributed by atoms with Crippen LogP contribution < -0.4 is 0 Å². The number of alkyl halides is 1. The number of carboxylic acid groups (broad SMARTS) is 1. The van der Waals surface area contributed by atoms with Gasteiger partial charge in [0.1, 0.15) is 6.33 Å². The number of aliphatic carboxylic acids is 1. The lowest BCUT2D eigenvalue weighted by Crippen LogP contribution is -2.06. The first-order valence-electron chi connectivity index (χ1n) is 2.84. The molecule has 0 aliphatic heterocycles. The predicted molar refractivity (Wildman–Crippen MR) is 38.3 cm³/mol. The molecule has 0 bridgehead atoms. The summed E-state index contributed by atoms with van der Waals surface area (Å²) in [6.07, 6.45) is 2.70. The van der Waals surface area contributed by atoms with Gasteiger partial charge in [0.05, 0.1) is 5.69 Å². The topological polar surface area (TPSA) is 63.1 Å². The molecule has 11 heavy (non-hydrogen) atoms. The Balaban J connectivity index is 2.85. The van der Waals surface area contributed by atoms with Gasteiger partial charge in [0, 0.05) is 6.20 Å². The van der Waals surface area contributed by atoms with Crippen molar-refractivity contribution in [1.82, 2.24) is 9.97 Å². The molecule has 0 radical (unpaired) electrons. The van der Waals surface area contributed by atoms with Crippen LogP contribution in [0.4, 0.5) is 0 Å². The average molecular weight is 173 g/mol. The molecule has 0 aromatic carbocycles. The summed E-state index contributed by atoms with van der Waals surface area (Å²) in [6, 6.07) is 1.46. The first kappa shape index (κ1) is 7.94. The van der Waals surface area contributed by atoms with Crippen molar-refractivity contribution in [3.8, 4) is 0 Å². The highest BCUT2D eigenvalue weighted by Gasteiger charge is 2.16. The highest BCUT2D eigenvalue weighted by molar-refractivity contribution is 6.29. The molecule has 1 unspecified atom stereocenters. The number of nitrogens with zero attached hydrogens (tertiary/aromatic N) is 2. The third-order valence-corrected chi connectivity index (χ3v) is 1.49. The zero-order chi connectivity index (χ0) is 8.27. The fraction of sp³-hybridized carbons (Fsp3) is 0.167. The Morgan fingerprint density at radius 2 is 2.45 bits per heavy atom. The summed E-state index contributed by atoms with van der Waals surface area (Å²) < 4.78 is 0. The molecule has 0 spiro atoms. The third kappa shape index (κ3) is 1.88. The van der Waals surface area contributed by atoms with Gasteiger partial charge in [-0.2, -0.15) is 0 Å².